The third-order valence-corrected chi connectivity index (χ3v) is 3.80. The summed E-state index contributed by atoms with van der Waals surface area (Å²) >= 11 is 0. The van der Waals surface area contributed by atoms with E-state index in [1.54, 1.807) is 18.3 Å². The van der Waals surface area contributed by atoms with E-state index in [0.29, 0.717) is 17.3 Å². The molecule has 5 heteroatoms. The number of hydrogen-bond donors (Lipinski definition) is 1. The molecule has 2 aliphatic rings. The molecule has 1 N–H and O–H groups in total. The first-order chi connectivity index (χ1) is 9.74. The van der Waals surface area contributed by atoms with Gasteiger partial charge in [0.05, 0.1) is 0 Å². The highest BCUT2D eigenvalue weighted by Crippen LogP contribution is 2.19. The van der Waals surface area contributed by atoms with Crippen LogP contribution in [0.1, 0.15) is 53.0 Å². The number of carbonyl (C=O) groups is 2. The topological polar surface area (TPSA) is 62.3 Å². The number of rotatable bonds is 3. The predicted molar refractivity (Wildman–Crippen MR) is 74.5 cm³/mol. The molecule has 1 aliphatic heterocycles. The molecule has 0 bridgehead atoms. The van der Waals surface area contributed by atoms with E-state index in [0.717, 1.165) is 38.8 Å². The Bertz CT molecular complexity index is 520. The largest absolute Gasteiger partial charge is 0.349 e. The Balaban J connectivity index is 1.72. The molecule has 1 saturated heterocycles. The number of pyridine rings is 1. The van der Waals surface area contributed by atoms with E-state index < -0.39 is 0 Å². The van der Waals surface area contributed by atoms with Gasteiger partial charge in [0.25, 0.3) is 11.8 Å². The lowest BCUT2D eigenvalue weighted by atomic mass is 10.1. The van der Waals surface area contributed by atoms with Crippen molar-refractivity contribution in [3.8, 4) is 0 Å². The third kappa shape index (κ3) is 2.98. The highest BCUT2D eigenvalue weighted by molar-refractivity contribution is 5.98. The van der Waals surface area contributed by atoms with Crippen LogP contribution in [-0.2, 0) is 0 Å². The Kier molecular flexibility index (Phi) is 3.67. The second kappa shape index (κ2) is 5.61. The molecule has 1 saturated carbocycles. The molecule has 20 heavy (non-hydrogen) atoms. The smallest absolute Gasteiger partial charge is 0.272 e. The maximum atomic E-state index is 12.3. The average molecular weight is 273 g/mol. The SMILES string of the molecule is O=C(NC1CC1)c1ccnc(C(=O)N2CCCCC2)c1. The zero-order chi connectivity index (χ0) is 13.9. The summed E-state index contributed by atoms with van der Waals surface area (Å²) < 4.78 is 0. The van der Waals surface area contributed by atoms with Crippen molar-refractivity contribution in [2.24, 2.45) is 0 Å². The van der Waals surface area contributed by atoms with Crippen LogP contribution in [0.2, 0.25) is 0 Å². The number of hydrogen-bond acceptors (Lipinski definition) is 3. The van der Waals surface area contributed by atoms with E-state index in [1.165, 1.54) is 6.42 Å². The van der Waals surface area contributed by atoms with Crippen molar-refractivity contribution in [2.45, 2.75) is 38.1 Å². The van der Waals surface area contributed by atoms with Gasteiger partial charge in [-0.2, -0.15) is 0 Å². The van der Waals surface area contributed by atoms with Gasteiger partial charge >= 0.3 is 0 Å². The van der Waals surface area contributed by atoms with Gasteiger partial charge in [0, 0.05) is 30.9 Å². The summed E-state index contributed by atoms with van der Waals surface area (Å²) in [5, 5.41) is 2.92. The lowest BCUT2D eigenvalue weighted by Crippen LogP contribution is -2.36. The fourth-order valence-electron chi connectivity index (χ4n) is 2.44. The van der Waals surface area contributed by atoms with Crippen molar-refractivity contribution in [3.63, 3.8) is 0 Å². The summed E-state index contributed by atoms with van der Waals surface area (Å²) in [6, 6.07) is 3.58. The van der Waals surface area contributed by atoms with Gasteiger partial charge in [0.15, 0.2) is 0 Å². The lowest BCUT2D eigenvalue weighted by molar-refractivity contribution is 0.0718. The normalized spacial score (nSPS) is 18.7. The summed E-state index contributed by atoms with van der Waals surface area (Å²) in [6.07, 6.45) is 6.92. The van der Waals surface area contributed by atoms with Gasteiger partial charge < -0.3 is 10.2 Å². The molecule has 0 unspecified atom stereocenters. The van der Waals surface area contributed by atoms with Crippen LogP contribution < -0.4 is 5.32 Å². The highest BCUT2D eigenvalue weighted by atomic mass is 16.2. The second-order valence-corrected chi connectivity index (χ2v) is 5.53. The zero-order valence-electron chi connectivity index (χ0n) is 11.5. The second-order valence-electron chi connectivity index (χ2n) is 5.53. The predicted octanol–water partition coefficient (Wildman–Crippen LogP) is 1.60. The summed E-state index contributed by atoms with van der Waals surface area (Å²) in [4.78, 5) is 30.3. The fraction of sp³-hybridized carbons (Fsp3) is 0.533. The maximum absolute atomic E-state index is 12.3. The molecule has 0 atom stereocenters. The van der Waals surface area contributed by atoms with Crippen LogP contribution >= 0.6 is 0 Å². The Morgan fingerprint density at radius 3 is 2.65 bits per heavy atom. The van der Waals surface area contributed by atoms with Crippen molar-refractivity contribution < 1.29 is 9.59 Å². The Labute approximate surface area is 118 Å². The molecule has 3 rings (SSSR count). The van der Waals surface area contributed by atoms with Gasteiger partial charge in [0.2, 0.25) is 0 Å². The van der Waals surface area contributed by atoms with E-state index in [2.05, 4.69) is 10.3 Å². The molecule has 0 spiro atoms. The van der Waals surface area contributed by atoms with Gasteiger partial charge in [-0.15, -0.1) is 0 Å². The van der Waals surface area contributed by atoms with Crippen LogP contribution in [-0.4, -0.2) is 40.8 Å². The molecule has 1 aromatic heterocycles. The molecule has 0 aromatic carbocycles. The minimum absolute atomic E-state index is 0.0641. The molecule has 1 aromatic rings. The van der Waals surface area contributed by atoms with Gasteiger partial charge in [-0.25, -0.2) is 0 Å². The van der Waals surface area contributed by atoms with Crippen LogP contribution in [0.15, 0.2) is 18.3 Å². The Morgan fingerprint density at radius 2 is 1.95 bits per heavy atom. The first-order valence-corrected chi connectivity index (χ1v) is 7.30. The molecular formula is C15H19N3O2. The van der Waals surface area contributed by atoms with Crippen LogP contribution in [0.25, 0.3) is 0 Å². The minimum atomic E-state index is -0.109. The van der Waals surface area contributed by atoms with Crippen molar-refractivity contribution >= 4 is 11.8 Å². The van der Waals surface area contributed by atoms with Crippen LogP contribution in [0.3, 0.4) is 0 Å². The summed E-state index contributed by atoms with van der Waals surface area (Å²) in [5.41, 5.74) is 0.891. The van der Waals surface area contributed by atoms with Crippen LogP contribution in [0, 0.1) is 0 Å². The highest BCUT2D eigenvalue weighted by Gasteiger charge is 2.25. The maximum Gasteiger partial charge on any atom is 0.272 e. The number of piperidine rings is 1. The van der Waals surface area contributed by atoms with Gasteiger partial charge in [-0.05, 0) is 44.2 Å². The molecular weight excluding hydrogens is 254 g/mol. The van der Waals surface area contributed by atoms with Crippen molar-refractivity contribution in [2.75, 3.05) is 13.1 Å². The fourth-order valence-corrected chi connectivity index (χ4v) is 2.44. The molecule has 5 nitrogen and oxygen atoms in total. The van der Waals surface area contributed by atoms with Crippen molar-refractivity contribution in [1.29, 1.82) is 0 Å². The molecule has 2 heterocycles. The number of carbonyl (C=O) groups excluding carboxylic acids is 2. The number of nitrogens with zero attached hydrogens (tertiary/aromatic N) is 2. The number of likely N-dealkylation sites (tertiary alicyclic amines) is 1. The zero-order valence-corrected chi connectivity index (χ0v) is 11.5. The first-order valence-electron chi connectivity index (χ1n) is 7.30. The Morgan fingerprint density at radius 1 is 1.20 bits per heavy atom. The minimum Gasteiger partial charge on any atom is -0.349 e. The quantitative estimate of drug-likeness (QED) is 0.910. The Hall–Kier alpha value is -1.91. The van der Waals surface area contributed by atoms with E-state index in [-0.39, 0.29) is 11.8 Å². The van der Waals surface area contributed by atoms with Crippen LogP contribution in [0.5, 0.6) is 0 Å². The lowest BCUT2D eigenvalue weighted by Gasteiger charge is -2.26. The number of nitrogens with one attached hydrogen (secondary N) is 1. The van der Waals surface area contributed by atoms with Gasteiger partial charge in [-0.1, -0.05) is 0 Å². The molecule has 106 valence electrons. The monoisotopic (exact) mass is 273 g/mol. The molecule has 0 radical (unpaired) electrons. The van der Waals surface area contributed by atoms with Gasteiger partial charge in [-0.3, -0.25) is 14.6 Å². The standard InChI is InChI=1S/C15H19N3O2/c19-14(17-12-4-5-12)11-6-7-16-13(10-11)15(20)18-8-2-1-3-9-18/h6-7,10,12H,1-5,8-9H2,(H,17,19). The van der Waals surface area contributed by atoms with E-state index in [4.69, 9.17) is 0 Å². The van der Waals surface area contributed by atoms with Crippen molar-refractivity contribution in [3.05, 3.63) is 29.6 Å². The molecule has 1 aliphatic carbocycles. The van der Waals surface area contributed by atoms with E-state index in [9.17, 15) is 9.59 Å². The van der Waals surface area contributed by atoms with Crippen LogP contribution in [0.4, 0.5) is 0 Å². The summed E-state index contributed by atoms with van der Waals surface area (Å²) in [5.74, 6) is -0.173. The summed E-state index contributed by atoms with van der Waals surface area (Å²) in [7, 11) is 0. The number of amides is 2. The van der Waals surface area contributed by atoms with Gasteiger partial charge in [0.1, 0.15) is 5.69 Å². The summed E-state index contributed by atoms with van der Waals surface area (Å²) in [6.45, 7) is 1.58. The first kappa shape index (κ1) is 13.1. The van der Waals surface area contributed by atoms with E-state index in [1.807, 2.05) is 4.90 Å². The van der Waals surface area contributed by atoms with E-state index >= 15 is 0 Å². The van der Waals surface area contributed by atoms with Crippen molar-refractivity contribution in [1.82, 2.24) is 15.2 Å². The molecule has 2 amide bonds. The number of aromatic nitrogens is 1. The molecule has 2 fully saturated rings. The third-order valence-electron chi connectivity index (χ3n) is 3.80. The average Bonchev–Trinajstić information content (AvgIpc) is 3.31.